The first kappa shape index (κ1) is 13.6. The zero-order valence-electron chi connectivity index (χ0n) is 10.3. The molecule has 0 fully saturated rings. The lowest BCUT2D eigenvalue weighted by Crippen LogP contribution is -2.18. The largest absolute Gasteiger partial charge is 0.423 e. The Labute approximate surface area is 110 Å². The van der Waals surface area contributed by atoms with E-state index in [0.717, 1.165) is 23.8 Å². The quantitative estimate of drug-likeness (QED) is 0.853. The molecule has 0 aliphatic heterocycles. The van der Waals surface area contributed by atoms with E-state index in [-0.39, 0.29) is 11.3 Å². The molecule has 0 bridgehead atoms. The molecule has 0 saturated carbocycles. The van der Waals surface area contributed by atoms with Gasteiger partial charge in [-0.1, -0.05) is 13.3 Å². The summed E-state index contributed by atoms with van der Waals surface area (Å²) in [6, 6.07) is 5.88. The maximum absolute atomic E-state index is 11.4. The molecule has 0 aliphatic carbocycles. The van der Waals surface area contributed by atoms with Crippen molar-refractivity contribution in [2.24, 2.45) is 5.14 Å². The van der Waals surface area contributed by atoms with Crippen molar-refractivity contribution in [1.29, 1.82) is 0 Å². The van der Waals surface area contributed by atoms with E-state index in [0.29, 0.717) is 0 Å². The van der Waals surface area contributed by atoms with Crippen molar-refractivity contribution in [3.8, 4) is 5.75 Å². The molecule has 0 unspecified atom stereocenters. The summed E-state index contributed by atoms with van der Waals surface area (Å²) in [6.07, 6.45) is 1.62. The van der Waals surface area contributed by atoms with Gasteiger partial charge in [0.05, 0.1) is 0 Å². The zero-order valence-corrected chi connectivity index (χ0v) is 11.1. The summed E-state index contributed by atoms with van der Waals surface area (Å²) in [4.78, 5) is 11.4. The molecule has 0 radical (unpaired) electrons. The smallest absolute Gasteiger partial charge is 0.380 e. The molecule has 102 valence electrons. The van der Waals surface area contributed by atoms with Crippen LogP contribution in [0.2, 0.25) is 0 Å². The van der Waals surface area contributed by atoms with E-state index in [1.54, 1.807) is 6.07 Å². The molecule has 0 aliphatic rings. The minimum atomic E-state index is -4.10. The first-order chi connectivity index (χ1) is 8.89. The zero-order chi connectivity index (χ0) is 14.0. The van der Waals surface area contributed by atoms with E-state index in [4.69, 9.17) is 9.56 Å². The van der Waals surface area contributed by atoms with Gasteiger partial charge in [-0.3, -0.25) is 0 Å². The Kier molecular flexibility index (Phi) is 3.59. The first-order valence-electron chi connectivity index (χ1n) is 5.68. The highest BCUT2D eigenvalue weighted by atomic mass is 32.2. The molecule has 2 aromatic rings. The molecule has 6 nitrogen and oxygen atoms in total. The Morgan fingerprint density at radius 3 is 2.68 bits per heavy atom. The number of hydrogen-bond acceptors (Lipinski definition) is 5. The summed E-state index contributed by atoms with van der Waals surface area (Å²) in [5.74, 6) is 0.00629. The van der Waals surface area contributed by atoms with E-state index >= 15 is 0 Å². The van der Waals surface area contributed by atoms with Gasteiger partial charge in [0.2, 0.25) is 0 Å². The van der Waals surface area contributed by atoms with Gasteiger partial charge in [0, 0.05) is 17.5 Å². The van der Waals surface area contributed by atoms with Gasteiger partial charge in [0.25, 0.3) is 0 Å². The van der Waals surface area contributed by atoms with Crippen molar-refractivity contribution >= 4 is 21.3 Å². The summed E-state index contributed by atoms with van der Waals surface area (Å²) in [5.41, 5.74) is 0.650. The summed E-state index contributed by atoms with van der Waals surface area (Å²) in [5, 5.41) is 5.53. The van der Waals surface area contributed by atoms with Crippen molar-refractivity contribution < 1.29 is 17.0 Å². The minimum Gasteiger partial charge on any atom is -0.423 e. The molecule has 19 heavy (non-hydrogen) atoms. The minimum absolute atomic E-state index is 0.00629. The Morgan fingerprint density at radius 2 is 2.05 bits per heavy atom. The molecule has 0 atom stereocenters. The molecule has 1 aromatic carbocycles. The van der Waals surface area contributed by atoms with Crippen LogP contribution >= 0.6 is 0 Å². The normalized spacial score (nSPS) is 11.7. The maximum Gasteiger partial charge on any atom is 0.380 e. The highest BCUT2D eigenvalue weighted by Crippen LogP contribution is 2.23. The van der Waals surface area contributed by atoms with Crippen LogP contribution in [-0.4, -0.2) is 8.42 Å². The molecule has 0 spiro atoms. The average molecular weight is 283 g/mol. The molecule has 0 amide bonds. The van der Waals surface area contributed by atoms with Crippen LogP contribution in [0.25, 0.3) is 11.0 Å². The lowest BCUT2D eigenvalue weighted by Gasteiger charge is -2.06. The Balaban J connectivity index is 2.57. The van der Waals surface area contributed by atoms with E-state index in [2.05, 4.69) is 4.18 Å². The molecular weight excluding hydrogens is 270 g/mol. The number of hydrogen-bond donors (Lipinski definition) is 1. The van der Waals surface area contributed by atoms with E-state index in [1.807, 2.05) is 6.92 Å². The predicted molar refractivity (Wildman–Crippen MR) is 70.2 cm³/mol. The Bertz CT molecular complexity index is 763. The van der Waals surface area contributed by atoms with Gasteiger partial charge in [-0.2, -0.15) is 13.6 Å². The van der Waals surface area contributed by atoms with Crippen molar-refractivity contribution in [3.63, 3.8) is 0 Å². The molecule has 7 heteroatoms. The fourth-order valence-corrected chi connectivity index (χ4v) is 2.24. The first-order valence-corrected chi connectivity index (χ1v) is 7.15. The van der Waals surface area contributed by atoms with Crippen LogP contribution in [0.1, 0.15) is 18.9 Å². The van der Waals surface area contributed by atoms with Gasteiger partial charge in [-0.25, -0.2) is 4.79 Å². The van der Waals surface area contributed by atoms with Crippen LogP contribution in [0, 0.1) is 0 Å². The van der Waals surface area contributed by atoms with Crippen LogP contribution in [0.5, 0.6) is 5.75 Å². The molecule has 2 rings (SSSR count). The number of benzene rings is 1. The average Bonchev–Trinajstić information content (AvgIpc) is 2.26. The molecular formula is C12H13NO5S. The Hall–Kier alpha value is -1.86. The van der Waals surface area contributed by atoms with Gasteiger partial charge in [-0.15, -0.1) is 0 Å². The van der Waals surface area contributed by atoms with Gasteiger partial charge in [0.15, 0.2) is 0 Å². The van der Waals surface area contributed by atoms with E-state index in [9.17, 15) is 13.2 Å². The maximum atomic E-state index is 11.4. The van der Waals surface area contributed by atoms with Crippen molar-refractivity contribution in [2.75, 3.05) is 0 Å². The third-order valence-electron chi connectivity index (χ3n) is 2.53. The third-order valence-corrected chi connectivity index (χ3v) is 2.96. The number of rotatable bonds is 4. The SMILES string of the molecule is CCCc1cc(=O)oc2cc(OS(N)(=O)=O)ccc12. The predicted octanol–water partition coefficient (Wildman–Crippen LogP) is 1.33. The van der Waals surface area contributed by atoms with Gasteiger partial charge >= 0.3 is 15.9 Å². The third kappa shape index (κ3) is 3.33. The van der Waals surface area contributed by atoms with Gasteiger partial charge < -0.3 is 8.60 Å². The van der Waals surface area contributed by atoms with E-state index < -0.39 is 15.9 Å². The molecule has 0 saturated heterocycles. The second-order valence-electron chi connectivity index (χ2n) is 4.07. The number of nitrogens with two attached hydrogens (primary N) is 1. The van der Waals surface area contributed by atoms with Gasteiger partial charge in [0.1, 0.15) is 11.3 Å². The molecule has 1 aromatic heterocycles. The monoisotopic (exact) mass is 283 g/mol. The van der Waals surface area contributed by atoms with Crippen LogP contribution < -0.4 is 14.9 Å². The molecule has 1 heterocycles. The van der Waals surface area contributed by atoms with Crippen molar-refractivity contribution in [2.45, 2.75) is 19.8 Å². The number of fused-ring (bicyclic) bond motifs is 1. The summed E-state index contributed by atoms with van der Waals surface area (Å²) in [6.45, 7) is 2.00. The van der Waals surface area contributed by atoms with Crippen LogP contribution in [0.15, 0.2) is 33.5 Å². The fourth-order valence-electron chi connectivity index (χ4n) is 1.87. The summed E-state index contributed by atoms with van der Waals surface area (Å²) < 4.78 is 31.2. The Morgan fingerprint density at radius 1 is 1.32 bits per heavy atom. The van der Waals surface area contributed by atoms with Crippen LogP contribution in [0.3, 0.4) is 0 Å². The van der Waals surface area contributed by atoms with Crippen molar-refractivity contribution in [1.82, 2.24) is 0 Å². The van der Waals surface area contributed by atoms with Crippen LogP contribution in [-0.2, 0) is 16.7 Å². The second kappa shape index (κ2) is 5.02. The lowest BCUT2D eigenvalue weighted by molar-refractivity contribution is 0.486. The molecule has 2 N–H and O–H groups in total. The topological polar surface area (TPSA) is 99.6 Å². The fraction of sp³-hybridized carbons (Fsp3) is 0.250. The highest BCUT2D eigenvalue weighted by Gasteiger charge is 2.09. The summed E-state index contributed by atoms with van der Waals surface area (Å²) >= 11 is 0. The van der Waals surface area contributed by atoms with E-state index in [1.165, 1.54) is 18.2 Å². The number of aryl methyl sites for hydroxylation is 1. The lowest BCUT2D eigenvalue weighted by atomic mass is 10.1. The second-order valence-corrected chi connectivity index (χ2v) is 5.23. The highest BCUT2D eigenvalue weighted by molar-refractivity contribution is 7.84. The summed E-state index contributed by atoms with van der Waals surface area (Å²) in [7, 11) is -4.10. The van der Waals surface area contributed by atoms with Crippen molar-refractivity contribution in [3.05, 3.63) is 40.2 Å². The van der Waals surface area contributed by atoms with Crippen LogP contribution in [0.4, 0.5) is 0 Å². The van der Waals surface area contributed by atoms with Gasteiger partial charge in [-0.05, 0) is 24.1 Å². The standard InChI is InChI=1S/C12H13NO5S/c1-2-3-8-6-12(14)17-11-7-9(4-5-10(8)11)18-19(13,15)16/h4-7H,2-3H2,1H3,(H2,13,15,16).